The molecule has 2 amide bonds. The average Bonchev–Trinajstić information content (AvgIpc) is 3.07. The van der Waals surface area contributed by atoms with Crippen LogP contribution < -0.4 is 5.32 Å². The molecule has 11 heteroatoms. The van der Waals surface area contributed by atoms with Crippen molar-refractivity contribution in [3.8, 4) is 0 Å². The first kappa shape index (κ1) is 22.1. The molecule has 1 aromatic heterocycles. The van der Waals surface area contributed by atoms with E-state index in [0.717, 1.165) is 15.1 Å². The molecule has 0 bridgehead atoms. The molecule has 1 aliphatic rings. The van der Waals surface area contributed by atoms with E-state index in [0.29, 0.717) is 6.42 Å². The lowest BCUT2D eigenvalue weighted by molar-refractivity contribution is -0.135. The highest BCUT2D eigenvalue weighted by atomic mass is 79.9. The molecule has 1 atom stereocenters. The van der Waals surface area contributed by atoms with Crippen molar-refractivity contribution in [2.24, 2.45) is 5.92 Å². The standard InChI is InChI=1S/C16H24BrN3O5S2/c1-11(2)10-12(18-16(22)25-3)15(21)19-6-8-20(9-7-19)27(23,24)14-5-4-13(17)26-14/h4-5,11-12H,6-10H2,1-3H3,(H,18,22). The lowest BCUT2D eigenvalue weighted by atomic mass is 10.0. The maximum Gasteiger partial charge on any atom is 0.407 e. The fraction of sp³-hybridized carbons (Fsp3) is 0.625. The lowest BCUT2D eigenvalue weighted by Gasteiger charge is -2.35. The molecule has 2 rings (SSSR count). The first-order chi connectivity index (χ1) is 12.6. The fourth-order valence-electron chi connectivity index (χ4n) is 2.83. The molecule has 27 heavy (non-hydrogen) atoms. The molecular weight excluding hydrogens is 458 g/mol. The summed E-state index contributed by atoms with van der Waals surface area (Å²) in [5, 5.41) is 2.58. The number of sulfonamides is 1. The Labute approximate surface area is 172 Å². The number of piperazine rings is 1. The average molecular weight is 482 g/mol. The molecule has 1 fully saturated rings. The van der Waals surface area contributed by atoms with Crippen molar-refractivity contribution >= 4 is 49.3 Å². The number of carbonyl (C=O) groups is 2. The zero-order valence-electron chi connectivity index (χ0n) is 15.5. The Hall–Kier alpha value is -1.17. The minimum absolute atomic E-state index is 0.204. The first-order valence-corrected chi connectivity index (χ1v) is 11.6. The predicted octanol–water partition coefficient (Wildman–Crippen LogP) is 2.11. The molecule has 1 unspecified atom stereocenters. The summed E-state index contributed by atoms with van der Waals surface area (Å²) >= 11 is 4.44. The van der Waals surface area contributed by atoms with Gasteiger partial charge in [-0.05, 0) is 40.4 Å². The van der Waals surface area contributed by atoms with Gasteiger partial charge in [0.15, 0.2) is 0 Å². The summed E-state index contributed by atoms with van der Waals surface area (Å²) in [5.41, 5.74) is 0. The number of rotatable bonds is 6. The van der Waals surface area contributed by atoms with Crippen LogP contribution in [0.5, 0.6) is 0 Å². The highest BCUT2D eigenvalue weighted by Crippen LogP contribution is 2.29. The van der Waals surface area contributed by atoms with Gasteiger partial charge in [-0.25, -0.2) is 13.2 Å². The number of nitrogens with zero attached hydrogens (tertiary/aromatic N) is 2. The van der Waals surface area contributed by atoms with Gasteiger partial charge in [-0.3, -0.25) is 4.79 Å². The van der Waals surface area contributed by atoms with Gasteiger partial charge in [0.1, 0.15) is 10.3 Å². The molecule has 0 spiro atoms. The minimum Gasteiger partial charge on any atom is -0.453 e. The lowest BCUT2D eigenvalue weighted by Crippen LogP contribution is -2.56. The Bertz CT molecular complexity index is 773. The molecular formula is C16H24BrN3O5S2. The van der Waals surface area contributed by atoms with E-state index >= 15 is 0 Å². The van der Waals surface area contributed by atoms with E-state index < -0.39 is 22.2 Å². The van der Waals surface area contributed by atoms with Gasteiger partial charge in [-0.2, -0.15) is 4.31 Å². The van der Waals surface area contributed by atoms with Crippen LogP contribution >= 0.6 is 27.3 Å². The van der Waals surface area contributed by atoms with Crippen LogP contribution in [-0.2, 0) is 19.6 Å². The molecule has 2 heterocycles. The number of thiophene rings is 1. The number of alkyl carbamates (subject to hydrolysis) is 1. The van der Waals surface area contributed by atoms with E-state index in [9.17, 15) is 18.0 Å². The van der Waals surface area contributed by atoms with Gasteiger partial charge in [0, 0.05) is 26.2 Å². The minimum atomic E-state index is -3.56. The Kier molecular flexibility index (Phi) is 7.66. The SMILES string of the molecule is COC(=O)NC(CC(C)C)C(=O)N1CCN(S(=O)(=O)c2ccc(Br)s2)CC1. The second kappa shape index (κ2) is 9.35. The molecule has 8 nitrogen and oxygen atoms in total. The third-order valence-corrected chi connectivity index (χ3v) is 8.17. The molecule has 1 aliphatic heterocycles. The van der Waals surface area contributed by atoms with Crippen molar-refractivity contribution < 1.29 is 22.7 Å². The number of nitrogens with one attached hydrogen (secondary N) is 1. The number of ether oxygens (including phenoxy) is 1. The summed E-state index contributed by atoms with van der Waals surface area (Å²) in [6, 6.07) is 2.58. The Morgan fingerprint density at radius 1 is 1.26 bits per heavy atom. The van der Waals surface area contributed by atoms with Crippen molar-refractivity contribution in [2.75, 3.05) is 33.3 Å². The summed E-state index contributed by atoms with van der Waals surface area (Å²) in [6.07, 6.45) is -0.172. The van der Waals surface area contributed by atoms with Gasteiger partial charge in [-0.1, -0.05) is 13.8 Å². The summed E-state index contributed by atoms with van der Waals surface area (Å²) in [6.45, 7) is 4.92. The number of halogens is 1. The van der Waals surface area contributed by atoms with Crippen LogP contribution in [0.1, 0.15) is 20.3 Å². The molecule has 152 valence electrons. The normalized spacial score (nSPS) is 17.0. The molecule has 0 saturated carbocycles. The van der Waals surface area contributed by atoms with Crippen LogP contribution in [-0.4, -0.2) is 69.0 Å². The topological polar surface area (TPSA) is 96.0 Å². The predicted molar refractivity (Wildman–Crippen MR) is 106 cm³/mol. The van der Waals surface area contributed by atoms with Gasteiger partial charge in [0.2, 0.25) is 5.91 Å². The van der Waals surface area contributed by atoms with Crippen molar-refractivity contribution in [1.82, 2.24) is 14.5 Å². The van der Waals surface area contributed by atoms with Crippen molar-refractivity contribution in [3.63, 3.8) is 0 Å². The van der Waals surface area contributed by atoms with Crippen molar-refractivity contribution in [2.45, 2.75) is 30.5 Å². The van der Waals surface area contributed by atoms with Gasteiger partial charge in [-0.15, -0.1) is 11.3 Å². The van der Waals surface area contributed by atoms with E-state index in [4.69, 9.17) is 0 Å². The quantitative estimate of drug-likeness (QED) is 0.670. The number of amides is 2. The zero-order chi connectivity index (χ0) is 20.2. The number of carbonyl (C=O) groups excluding carboxylic acids is 2. The summed E-state index contributed by atoms with van der Waals surface area (Å²) < 4.78 is 32.4. The van der Waals surface area contributed by atoms with E-state index in [1.807, 2.05) is 13.8 Å². The largest absolute Gasteiger partial charge is 0.453 e. The van der Waals surface area contributed by atoms with Gasteiger partial charge >= 0.3 is 6.09 Å². The highest BCUT2D eigenvalue weighted by Gasteiger charge is 2.34. The first-order valence-electron chi connectivity index (χ1n) is 8.54. The number of methoxy groups -OCH3 is 1. The summed E-state index contributed by atoms with van der Waals surface area (Å²) in [5.74, 6) is -0.0138. The van der Waals surface area contributed by atoms with E-state index in [-0.39, 0.29) is 42.2 Å². The van der Waals surface area contributed by atoms with Crippen LogP contribution in [0.2, 0.25) is 0 Å². The Balaban J connectivity index is 2.02. The van der Waals surface area contributed by atoms with E-state index in [1.54, 1.807) is 17.0 Å². The summed E-state index contributed by atoms with van der Waals surface area (Å²) in [4.78, 5) is 25.9. The zero-order valence-corrected chi connectivity index (χ0v) is 18.7. The second-order valence-corrected chi connectivity index (χ2v) is 11.2. The van der Waals surface area contributed by atoms with Gasteiger partial charge in [0.05, 0.1) is 10.9 Å². The van der Waals surface area contributed by atoms with Gasteiger partial charge in [0.25, 0.3) is 10.0 Å². The van der Waals surface area contributed by atoms with E-state index in [1.165, 1.54) is 11.4 Å². The maximum absolute atomic E-state index is 12.8. The Morgan fingerprint density at radius 2 is 1.89 bits per heavy atom. The summed E-state index contributed by atoms with van der Waals surface area (Å²) in [7, 11) is -2.31. The molecule has 0 aliphatic carbocycles. The number of hydrogen-bond donors (Lipinski definition) is 1. The Morgan fingerprint density at radius 3 is 2.37 bits per heavy atom. The maximum atomic E-state index is 12.8. The third-order valence-electron chi connectivity index (χ3n) is 4.18. The molecule has 0 aromatic carbocycles. The molecule has 1 aromatic rings. The second-order valence-electron chi connectivity index (χ2n) is 6.61. The monoisotopic (exact) mass is 481 g/mol. The number of hydrogen-bond acceptors (Lipinski definition) is 6. The molecule has 1 N–H and O–H groups in total. The molecule has 1 saturated heterocycles. The van der Waals surface area contributed by atoms with Crippen LogP contribution in [0.3, 0.4) is 0 Å². The van der Waals surface area contributed by atoms with Crippen LogP contribution in [0.25, 0.3) is 0 Å². The van der Waals surface area contributed by atoms with Crippen LogP contribution in [0, 0.1) is 5.92 Å². The van der Waals surface area contributed by atoms with Crippen LogP contribution in [0.15, 0.2) is 20.1 Å². The fourth-order valence-corrected chi connectivity index (χ4v) is 6.41. The third kappa shape index (κ3) is 5.66. The van der Waals surface area contributed by atoms with Crippen molar-refractivity contribution in [3.05, 3.63) is 15.9 Å². The molecule has 0 radical (unpaired) electrons. The highest BCUT2D eigenvalue weighted by molar-refractivity contribution is 9.11. The van der Waals surface area contributed by atoms with Gasteiger partial charge < -0.3 is 15.0 Å². The van der Waals surface area contributed by atoms with Crippen LogP contribution in [0.4, 0.5) is 4.79 Å². The van der Waals surface area contributed by atoms with E-state index in [2.05, 4.69) is 26.0 Å². The smallest absolute Gasteiger partial charge is 0.407 e. The van der Waals surface area contributed by atoms with Crippen molar-refractivity contribution in [1.29, 1.82) is 0 Å².